The number of methoxy groups -OCH3 is 1. The first-order valence-electron chi connectivity index (χ1n) is 6.75. The minimum atomic E-state index is -0.744. The molecule has 0 unspecified atom stereocenters. The first-order valence-corrected chi connectivity index (χ1v) is 7.56. The summed E-state index contributed by atoms with van der Waals surface area (Å²) in [5.74, 6) is -0.994. The zero-order valence-corrected chi connectivity index (χ0v) is 14.0. The summed E-state index contributed by atoms with van der Waals surface area (Å²) in [6.07, 6.45) is 1.66. The highest BCUT2D eigenvalue weighted by atomic mass is 32.1. The summed E-state index contributed by atoms with van der Waals surface area (Å²) in [5.41, 5.74) is -0.395. The number of esters is 1. The molecule has 118 valence electrons. The van der Waals surface area contributed by atoms with E-state index in [0.29, 0.717) is 10.8 Å². The van der Waals surface area contributed by atoms with Crippen molar-refractivity contribution < 1.29 is 18.7 Å². The molecule has 4 nitrogen and oxygen atoms in total. The van der Waals surface area contributed by atoms with Crippen LogP contribution in [-0.4, -0.2) is 23.7 Å². The van der Waals surface area contributed by atoms with E-state index in [0.717, 1.165) is 4.88 Å². The van der Waals surface area contributed by atoms with Crippen molar-refractivity contribution in [2.75, 3.05) is 7.11 Å². The first kappa shape index (κ1) is 16.4. The number of hydrogen-bond donors (Lipinski definition) is 0. The summed E-state index contributed by atoms with van der Waals surface area (Å²) in [5, 5.41) is 0.500. The molecule has 0 amide bonds. The minimum absolute atomic E-state index is 0.160. The lowest BCUT2D eigenvalue weighted by Gasteiger charge is -2.22. The van der Waals surface area contributed by atoms with Crippen LogP contribution in [0.4, 0.5) is 4.39 Å². The molecule has 1 aromatic heterocycles. The fourth-order valence-electron chi connectivity index (χ4n) is 1.90. The van der Waals surface area contributed by atoms with Crippen molar-refractivity contribution in [3.63, 3.8) is 0 Å². The lowest BCUT2D eigenvalue weighted by molar-refractivity contribution is 0.0593. The van der Waals surface area contributed by atoms with Crippen molar-refractivity contribution in [1.82, 2.24) is 4.98 Å². The highest BCUT2D eigenvalue weighted by molar-refractivity contribution is 7.14. The van der Waals surface area contributed by atoms with Crippen molar-refractivity contribution in [3.8, 4) is 16.3 Å². The van der Waals surface area contributed by atoms with Crippen molar-refractivity contribution in [2.45, 2.75) is 33.3 Å². The van der Waals surface area contributed by atoms with Gasteiger partial charge in [-0.15, -0.1) is 11.3 Å². The summed E-state index contributed by atoms with van der Waals surface area (Å²) in [7, 11) is 1.21. The number of carbonyl (C=O) groups is 1. The Balaban J connectivity index is 2.60. The molecule has 1 heterocycles. The molecule has 0 bridgehead atoms. The van der Waals surface area contributed by atoms with Gasteiger partial charge in [0, 0.05) is 11.1 Å². The average molecular weight is 323 g/mol. The molecule has 0 aliphatic rings. The molecule has 1 aromatic carbocycles. The molecule has 22 heavy (non-hydrogen) atoms. The number of nitrogens with zero attached hydrogens (tertiary/aromatic N) is 1. The lowest BCUT2D eigenvalue weighted by atomic mass is 10.1. The van der Waals surface area contributed by atoms with Gasteiger partial charge in [-0.1, -0.05) is 0 Å². The number of aryl methyl sites for hydroxylation is 1. The van der Waals surface area contributed by atoms with Crippen LogP contribution in [0.3, 0.4) is 0 Å². The third kappa shape index (κ3) is 3.62. The summed E-state index contributed by atoms with van der Waals surface area (Å²) in [4.78, 5) is 16.9. The largest absolute Gasteiger partial charge is 0.488 e. The number of thiazole rings is 1. The molecule has 2 aromatic rings. The minimum Gasteiger partial charge on any atom is -0.488 e. The van der Waals surface area contributed by atoms with Crippen molar-refractivity contribution in [3.05, 3.63) is 34.6 Å². The molecular formula is C16H18FNO3S. The van der Waals surface area contributed by atoms with E-state index >= 15 is 0 Å². The van der Waals surface area contributed by atoms with Gasteiger partial charge in [-0.3, -0.25) is 0 Å². The van der Waals surface area contributed by atoms with E-state index < -0.39 is 17.4 Å². The van der Waals surface area contributed by atoms with Gasteiger partial charge < -0.3 is 9.47 Å². The Bertz CT molecular complexity index is 704. The van der Waals surface area contributed by atoms with Gasteiger partial charge >= 0.3 is 5.97 Å². The van der Waals surface area contributed by atoms with Crippen LogP contribution in [-0.2, 0) is 4.74 Å². The monoisotopic (exact) mass is 323 g/mol. The molecule has 0 atom stereocenters. The van der Waals surface area contributed by atoms with Crippen LogP contribution < -0.4 is 4.74 Å². The molecule has 0 saturated heterocycles. The first-order chi connectivity index (χ1) is 10.2. The summed E-state index contributed by atoms with van der Waals surface area (Å²) >= 11 is 1.35. The number of halogens is 1. The maximum Gasteiger partial charge on any atom is 0.341 e. The lowest BCUT2D eigenvalue weighted by Crippen LogP contribution is -2.23. The van der Waals surface area contributed by atoms with Crippen molar-refractivity contribution >= 4 is 17.3 Å². The second-order valence-electron chi connectivity index (χ2n) is 5.81. The van der Waals surface area contributed by atoms with E-state index in [9.17, 15) is 9.18 Å². The Morgan fingerprint density at radius 1 is 1.32 bits per heavy atom. The van der Waals surface area contributed by atoms with Gasteiger partial charge in [0.25, 0.3) is 0 Å². The van der Waals surface area contributed by atoms with Gasteiger partial charge in [-0.05, 0) is 39.8 Å². The Hall–Kier alpha value is -1.95. The van der Waals surface area contributed by atoms with E-state index in [1.165, 1.54) is 24.5 Å². The third-order valence-electron chi connectivity index (χ3n) is 2.73. The molecule has 0 fully saturated rings. The second-order valence-corrected chi connectivity index (χ2v) is 7.05. The highest BCUT2D eigenvalue weighted by Crippen LogP contribution is 2.34. The quantitative estimate of drug-likeness (QED) is 0.794. The van der Waals surface area contributed by atoms with Crippen molar-refractivity contribution in [2.24, 2.45) is 0 Å². The van der Waals surface area contributed by atoms with Crippen LogP contribution in [0.15, 0.2) is 18.3 Å². The van der Waals surface area contributed by atoms with E-state index in [-0.39, 0.29) is 11.1 Å². The van der Waals surface area contributed by atoms with E-state index in [1.807, 2.05) is 27.7 Å². The van der Waals surface area contributed by atoms with Crippen LogP contribution in [0.5, 0.6) is 5.75 Å². The van der Waals surface area contributed by atoms with Gasteiger partial charge in [0.15, 0.2) is 0 Å². The van der Waals surface area contributed by atoms with Crippen LogP contribution in [0.2, 0.25) is 0 Å². The second kappa shape index (κ2) is 6.04. The number of carbonyl (C=O) groups excluding carboxylic acids is 1. The maximum absolute atomic E-state index is 14.6. The van der Waals surface area contributed by atoms with E-state index in [2.05, 4.69) is 9.72 Å². The van der Waals surface area contributed by atoms with Gasteiger partial charge in [-0.25, -0.2) is 14.2 Å². The Morgan fingerprint density at radius 3 is 2.50 bits per heavy atom. The van der Waals surface area contributed by atoms with Gasteiger partial charge in [-0.2, -0.15) is 0 Å². The molecule has 6 heteroatoms. The van der Waals surface area contributed by atoms with Crippen LogP contribution in [0.25, 0.3) is 10.6 Å². The number of benzene rings is 1. The predicted octanol–water partition coefficient (Wildman–Crippen LogP) is 4.22. The molecule has 0 aliphatic carbocycles. The van der Waals surface area contributed by atoms with Gasteiger partial charge in [0.05, 0.1) is 18.2 Å². The fourth-order valence-corrected chi connectivity index (χ4v) is 2.68. The molecule has 0 saturated carbocycles. The SMILES string of the molecule is COC(=O)c1cc(OC(C)(C)C)cc(-c2ncc(C)s2)c1F. The standard InChI is InChI=1S/C16H18FNO3S/c1-9-8-18-14(22-9)11-6-10(21-16(2,3)4)7-12(13(11)17)15(19)20-5/h6-8H,1-5H3. The zero-order valence-electron chi connectivity index (χ0n) is 13.2. The summed E-state index contributed by atoms with van der Waals surface area (Å²) < 4.78 is 25.0. The normalized spacial score (nSPS) is 11.4. The molecule has 2 rings (SSSR count). The molecule has 0 N–H and O–H groups in total. The zero-order chi connectivity index (χ0) is 16.5. The van der Waals surface area contributed by atoms with E-state index in [4.69, 9.17) is 4.74 Å². The number of rotatable bonds is 3. The number of hydrogen-bond acceptors (Lipinski definition) is 5. The average Bonchev–Trinajstić information content (AvgIpc) is 2.84. The predicted molar refractivity (Wildman–Crippen MR) is 84.0 cm³/mol. The fraction of sp³-hybridized carbons (Fsp3) is 0.375. The summed E-state index contributed by atoms with van der Waals surface area (Å²) in [6, 6.07) is 2.92. The van der Waals surface area contributed by atoms with Crippen molar-refractivity contribution in [1.29, 1.82) is 0 Å². The molecule has 0 aliphatic heterocycles. The van der Waals surface area contributed by atoms with Crippen LogP contribution in [0.1, 0.15) is 36.0 Å². The van der Waals surface area contributed by atoms with Gasteiger partial charge in [0.2, 0.25) is 0 Å². The third-order valence-corrected chi connectivity index (χ3v) is 3.67. The smallest absolute Gasteiger partial charge is 0.341 e. The number of ether oxygens (including phenoxy) is 2. The Morgan fingerprint density at radius 2 is 2.00 bits per heavy atom. The van der Waals surface area contributed by atoms with Crippen LogP contribution in [0, 0.1) is 12.7 Å². The highest BCUT2D eigenvalue weighted by Gasteiger charge is 2.22. The Labute approximate surface area is 132 Å². The van der Waals surface area contributed by atoms with Crippen LogP contribution >= 0.6 is 11.3 Å². The summed E-state index contributed by atoms with van der Waals surface area (Å²) in [6.45, 7) is 7.51. The Kier molecular flexibility index (Phi) is 4.51. The molecule has 0 spiro atoms. The topological polar surface area (TPSA) is 48.4 Å². The van der Waals surface area contributed by atoms with Gasteiger partial charge in [0.1, 0.15) is 22.2 Å². The van der Waals surface area contributed by atoms with E-state index in [1.54, 1.807) is 12.3 Å². The molecule has 0 radical (unpaired) electrons. The molecular weight excluding hydrogens is 305 g/mol. The number of aromatic nitrogens is 1. The maximum atomic E-state index is 14.6.